The molecule has 1 aromatic rings. The lowest BCUT2D eigenvalue weighted by Gasteiger charge is -2.04. The van der Waals surface area contributed by atoms with E-state index in [4.69, 9.17) is 5.73 Å². The second-order valence-corrected chi connectivity index (χ2v) is 3.59. The van der Waals surface area contributed by atoms with E-state index >= 15 is 0 Å². The van der Waals surface area contributed by atoms with Gasteiger partial charge in [-0.2, -0.15) is 0 Å². The zero-order valence-electron chi connectivity index (χ0n) is 7.43. The molecule has 2 atom stereocenters. The largest absolute Gasteiger partial charge is 0.330 e. The SMILES string of the molecule is NC[C@@H]1C[C@H]1c1c(F)ccc(F)c1F. The molecule has 4 heteroatoms. The van der Waals surface area contributed by atoms with E-state index in [0.717, 1.165) is 12.1 Å². The third-order valence-corrected chi connectivity index (χ3v) is 2.68. The molecule has 0 aromatic heterocycles. The number of benzene rings is 1. The minimum Gasteiger partial charge on any atom is -0.330 e. The summed E-state index contributed by atoms with van der Waals surface area (Å²) in [6, 6.07) is 1.76. The lowest BCUT2D eigenvalue weighted by atomic mass is 10.1. The molecule has 1 saturated carbocycles. The van der Waals surface area contributed by atoms with E-state index in [1.54, 1.807) is 0 Å². The van der Waals surface area contributed by atoms with Gasteiger partial charge in [0.25, 0.3) is 0 Å². The van der Waals surface area contributed by atoms with Gasteiger partial charge in [-0.05, 0) is 36.9 Å². The van der Waals surface area contributed by atoms with Crippen LogP contribution in [0.2, 0.25) is 0 Å². The molecule has 0 heterocycles. The summed E-state index contributed by atoms with van der Waals surface area (Å²) in [5.41, 5.74) is 5.22. The zero-order chi connectivity index (χ0) is 10.3. The molecular weight excluding hydrogens is 191 g/mol. The maximum Gasteiger partial charge on any atom is 0.165 e. The average Bonchev–Trinajstić information content (AvgIpc) is 2.92. The molecule has 14 heavy (non-hydrogen) atoms. The lowest BCUT2D eigenvalue weighted by Crippen LogP contribution is -2.04. The Morgan fingerprint density at radius 1 is 1.21 bits per heavy atom. The zero-order valence-corrected chi connectivity index (χ0v) is 7.43. The lowest BCUT2D eigenvalue weighted by molar-refractivity contribution is 0.477. The van der Waals surface area contributed by atoms with Crippen molar-refractivity contribution in [1.82, 2.24) is 0 Å². The number of hydrogen-bond donors (Lipinski definition) is 1. The van der Waals surface area contributed by atoms with Crippen molar-refractivity contribution in [2.24, 2.45) is 11.7 Å². The van der Waals surface area contributed by atoms with E-state index in [0.29, 0.717) is 13.0 Å². The van der Waals surface area contributed by atoms with Crippen molar-refractivity contribution in [2.45, 2.75) is 12.3 Å². The quantitative estimate of drug-likeness (QED) is 0.729. The van der Waals surface area contributed by atoms with Gasteiger partial charge < -0.3 is 5.73 Å². The summed E-state index contributed by atoms with van der Waals surface area (Å²) in [6.07, 6.45) is 0.647. The summed E-state index contributed by atoms with van der Waals surface area (Å²) in [6.45, 7) is 0.389. The minimum atomic E-state index is -1.06. The fourth-order valence-electron chi connectivity index (χ4n) is 1.74. The van der Waals surface area contributed by atoms with E-state index in [-0.39, 0.29) is 17.4 Å². The van der Waals surface area contributed by atoms with E-state index in [2.05, 4.69) is 0 Å². The van der Waals surface area contributed by atoms with Gasteiger partial charge in [0.05, 0.1) is 0 Å². The molecule has 1 aliphatic carbocycles. The van der Waals surface area contributed by atoms with Gasteiger partial charge in [-0.1, -0.05) is 0 Å². The molecule has 1 aromatic carbocycles. The van der Waals surface area contributed by atoms with Crippen molar-refractivity contribution >= 4 is 0 Å². The fourth-order valence-corrected chi connectivity index (χ4v) is 1.74. The van der Waals surface area contributed by atoms with Gasteiger partial charge in [0, 0.05) is 5.56 Å². The van der Waals surface area contributed by atoms with Crippen LogP contribution >= 0.6 is 0 Å². The summed E-state index contributed by atoms with van der Waals surface area (Å²) in [4.78, 5) is 0. The van der Waals surface area contributed by atoms with E-state index in [1.807, 2.05) is 0 Å². The molecule has 1 fully saturated rings. The summed E-state index contributed by atoms with van der Waals surface area (Å²) in [5, 5.41) is 0. The average molecular weight is 201 g/mol. The molecule has 0 unspecified atom stereocenters. The Labute approximate surface area is 79.7 Å². The third kappa shape index (κ3) is 1.39. The van der Waals surface area contributed by atoms with Crippen molar-refractivity contribution in [3.63, 3.8) is 0 Å². The molecule has 0 amide bonds. The second kappa shape index (κ2) is 3.28. The van der Waals surface area contributed by atoms with Gasteiger partial charge in [-0.25, -0.2) is 13.2 Å². The molecule has 0 aliphatic heterocycles. The Bertz CT molecular complexity index is 365. The Morgan fingerprint density at radius 3 is 2.43 bits per heavy atom. The topological polar surface area (TPSA) is 26.0 Å². The maximum absolute atomic E-state index is 13.2. The van der Waals surface area contributed by atoms with E-state index in [1.165, 1.54) is 0 Å². The van der Waals surface area contributed by atoms with Gasteiger partial charge in [-0.3, -0.25) is 0 Å². The number of nitrogens with two attached hydrogens (primary N) is 1. The van der Waals surface area contributed by atoms with Gasteiger partial charge in [0.1, 0.15) is 5.82 Å². The summed E-state index contributed by atoms with van der Waals surface area (Å²) < 4.78 is 39.2. The van der Waals surface area contributed by atoms with Crippen LogP contribution in [-0.2, 0) is 0 Å². The highest BCUT2D eigenvalue weighted by Crippen LogP contribution is 2.48. The first-order chi connectivity index (χ1) is 6.65. The molecular formula is C10H10F3N. The first kappa shape index (κ1) is 9.52. The van der Waals surface area contributed by atoms with Crippen molar-refractivity contribution in [3.05, 3.63) is 35.1 Å². The van der Waals surface area contributed by atoms with Crippen molar-refractivity contribution in [1.29, 1.82) is 0 Å². The van der Waals surface area contributed by atoms with Gasteiger partial charge in [0.15, 0.2) is 11.6 Å². The summed E-state index contributed by atoms with van der Waals surface area (Å²) in [5.74, 6) is -2.88. The monoisotopic (exact) mass is 201 g/mol. The van der Waals surface area contributed by atoms with Crippen LogP contribution in [0.25, 0.3) is 0 Å². The molecule has 1 nitrogen and oxygen atoms in total. The molecule has 76 valence electrons. The fraction of sp³-hybridized carbons (Fsp3) is 0.400. The third-order valence-electron chi connectivity index (χ3n) is 2.68. The molecule has 2 N–H and O–H groups in total. The van der Waals surface area contributed by atoms with Crippen molar-refractivity contribution < 1.29 is 13.2 Å². The Hall–Kier alpha value is -1.03. The van der Waals surface area contributed by atoms with E-state index in [9.17, 15) is 13.2 Å². The van der Waals surface area contributed by atoms with Crippen molar-refractivity contribution in [3.8, 4) is 0 Å². The number of hydrogen-bond acceptors (Lipinski definition) is 1. The number of halogens is 3. The Morgan fingerprint density at radius 2 is 1.86 bits per heavy atom. The van der Waals surface area contributed by atoms with Crippen LogP contribution in [0.15, 0.2) is 12.1 Å². The Kier molecular flexibility index (Phi) is 2.23. The van der Waals surface area contributed by atoms with Crippen LogP contribution in [0.3, 0.4) is 0 Å². The first-order valence-corrected chi connectivity index (χ1v) is 4.48. The molecule has 2 rings (SSSR count). The Balaban J connectivity index is 2.38. The highest BCUT2D eigenvalue weighted by molar-refractivity contribution is 5.30. The summed E-state index contributed by atoms with van der Waals surface area (Å²) in [7, 11) is 0. The maximum atomic E-state index is 13.2. The molecule has 0 bridgehead atoms. The van der Waals surface area contributed by atoms with Crippen LogP contribution < -0.4 is 5.73 Å². The standard InChI is InChI=1S/C10H10F3N/c11-7-1-2-8(12)10(13)9(7)6-3-5(6)4-14/h1-2,5-6H,3-4,14H2/t5-,6+/m0/s1. The number of rotatable bonds is 2. The first-order valence-electron chi connectivity index (χ1n) is 4.48. The normalized spacial score (nSPS) is 25.1. The van der Waals surface area contributed by atoms with E-state index < -0.39 is 17.5 Å². The highest BCUT2D eigenvalue weighted by atomic mass is 19.2. The van der Waals surface area contributed by atoms with Crippen LogP contribution in [0.4, 0.5) is 13.2 Å². The van der Waals surface area contributed by atoms with Gasteiger partial charge in [-0.15, -0.1) is 0 Å². The van der Waals surface area contributed by atoms with Crippen molar-refractivity contribution in [2.75, 3.05) is 6.54 Å². The molecule has 1 aliphatic rings. The predicted octanol–water partition coefficient (Wildman–Crippen LogP) is 2.17. The molecule has 0 saturated heterocycles. The van der Waals surface area contributed by atoms with Gasteiger partial charge in [0.2, 0.25) is 0 Å². The smallest absolute Gasteiger partial charge is 0.165 e. The molecule has 0 spiro atoms. The van der Waals surface area contributed by atoms with Gasteiger partial charge >= 0.3 is 0 Å². The van der Waals surface area contributed by atoms with Crippen LogP contribution in [-0.4, -0.2) is 6.54 Å². The van der Waals surface area contributed by atoms with Crippen LogP contribution in [0.1, 0.15) is 17.9 Å². The highest BCUT2D eigenvalue weighted by Gasteiger charge is 2.41. The predicted molar refractivity (Wildman–Crippen MR) is 46.2 cm³/mol. The minimum absolute atomic E-state index is 0.0980. The van der Waals surface area contributed by atoms with Crippen LogP contribution in [0, 0.1) is 23.4 Å². The second-order valence-electron chi connectivity index (χ2n) is 3.59. The molecule has 0 radical (unpaired) electrons. The van der Waals surface area contributed by atoms with Crippen LogP contribution in [0.5, 0.6) is 0 Å². The summed E-state index contributed by atoms with van der Waals surface area (Å²) >= 11 is 0.